The van der Waals surface area contributed by atoms with Gasteiger partial charge in [-0.2, -0.15) is 5.23 Å². The first-order valence-electron chi connectivity index (χ1n) is 5.41. The number of fused-ring (bicyclic) bond motifs is 1. The minimum absolute atomic E-state index is 0.272. The van der Waals surface area contributed by atoms with Gasteiger partial charge >= 0.3 is 0 Å². The number of aromatic nitrogens is 1. The van der Waals surface area contributed by atoms with E-state index in [2.05, 4.69) is 20.6 Å². The third kappa shape index (κ3) is 2.14. The number of guanidine groups is 1. The van der Waals surface area contributed by atoms with Gasteiger partial charge in [-0.15, -0.1) is 0 Å². The zero-order valence-corrected chi connectivity index (χ0v) is 10.1. The molecule has 1 unspecified atom stereocenters. The maximum Gasteiger partial charge on any atom is 0.197 e. The summed E-state index contributed by atoms with van der Waals surface area (Å²) in [7, 11) is 0. The molecular formula is C10H11N5O2S. The molecule has 0 saturated heterocycles. The van der Waals surface area contributed by atoms with Crippen molar-refractivity contribution in [1.82, 2.24) is 10.3 Å². The molecule has 4 N–H and O–H groups in total. The monoisotopic (exact) mass is 265 g/mol. The number of nitrogens with zero attached hydrogens (tertiary/aromatic N) is 2. The Balaban J connectivity index is 1.90. The molecule has 0 fully saturated rings. The molecule has 18 heavy (non-hydrogen) atoms. The molecule has 3 rings (SSSR count). The smallest absolute Gasteiger partial charge is 0.197 e. The topological polar surface area (TPSA) is 97.0 Å². The molecular weight excluding hydrogens is 254 g/mol. The zero-order chi connectivity index (χ0) is 12.5. The predicted molar refractivity (Wildman–Crippen MR) is 69.3 cm³/mol. The summed E-state index contributed by atoms with van der Waals surface area (Å²) in [5.74, 6) is 0.715. The first kappa shape index (κ1) is 11.4. The second-order valence-corrected chi connectivity index (χ2v) is 4.82. The summed E-state index contributed by atoms with van der Waals surface area (Å²) in [5, 5.41) is 25.7. The summed E-state index contributed by atoms with van der Waals surface area (Å²) < 4.78 is 0.844. The SMILES string of the molecule is [O-][NH+](O)c1ccc2nc(NC3=NCCN3)sc2c1. The van der Waals surface area contributed by atoms with Crippen molar-refractivity contribution >= 4 is 38.3 Å². The van der Waals surface area contributed by atoms with Crippen molar-refractivity contribution < 1.29 is 10.4 Å². The van der Waals surface area contributed by atoms with Crippen molar-refractivity contribution in [2.24, 2.45) is 4.99 Å². The molecule has 1 atom stereocenters. The predicted octanol–water partition coefficient (Wildman–Crippen LogP) is 0.0708. The number of quaternary nitrogens is 1. The Morgan fingerprint density at radius 1 is 1.50 bits per heavy atom. The Hall–Kier alpha value is -1.74. The van der Waals surface area contributed by atoms with Gasteiger partial charge in [0, 0.05) is 18.7 Å². The third-order valence-electron chi connectivity index (χ3n) is 2.53. The zero-order valence-electron chi connectivity index (χ0n) is 9.30. The van der Waals surface area contributed by atoms with Gasteiger partial charge in [0.25, 0.3) is 0 Å². The average molecular weight is 265 g/mol. The Morgan fingerprint density at radius 2 is 2.39 bits per heavy atom. The van der Waals surface area contributed by atoms with Crippen molar-refractivity contribution in [3.05, 3.63) is 23.4 Å². The molecule has 0 bridgehead atoms. The highest BCUT2D eigenvalue weighted by Gasteiger charge is 2.10. The summed E-state index contributed by atoms with van der Waals surface area (Å²) in [6.45, 7) is 1.59. The number of benzene rings is 1. The van der Waals surface area contributed by atoms with Gasteiger partial charge < -0.3 is 15.8 Å². The van der Waals surface area contributed by atoms with Crippen LogP contribution in [0.5, 0.6) is 0 Å². The third-order valence-corrected chi connectivity index (χ3v) is 3.47. The molecule has 0 radical (unpaired) electrons. The van der Waals surface area contributed by atoms with E-state index in [4.69, 9.17) is 5.21 Å². The van der Waals surface area contributed by atoms with Gasteiger partial charge in [0.2, 0.25) is 0 Å². The van der Waals surface area contributed by atoms with Crippen LogP contribution in [0.1, 0.15) is 0 Å². The number of aliphatic imine (C=N–C) groups is 1. The van der Waals surface area contributed by atoms with Crippen molar-refractivity contribution in [3.63, 3.8) is 0 Å². The Bertz CT molecular complexity index is 609. The lowest BCUT2D eigenvalue weighted by Crippen LogP contribution is -2.99. The van der Waals surface area contributed by atoms with E-state index in [-0.39, 0.29) is 5.69 Å². The van der Waals surface area contributed by atoms with E-state index in [1.807, 2.05) is 0 Å². The van der Waals surface area contributed by atoms with Gasteiger partial charge in [0.15, 0.2) is 16.8 Å². The Morgan fingerprint density at radius 3 is 3.11 bits per heavy atom. The van der Waals surface area contributed by atoms with Crippen LogP contribution >= 0.6 is 11.3 Å². The molecule has 0 spiro atoms. The van der Waals surface area contributed by atoms with Gasteiger partial charge in [-0.1, -0.05) is 11.3 Å². The van der Waals surface area contributed by atoms with Gasteiger partial charge in [0.05, 0.1) is 16.8 Å². The van der Waals surface area contributed by atoms with E-state index < -0.39 is 5.23 Å². The maximum atomic E-state index is 10.9. The number of hydrogen-bond acceptors (Lipinski definition) is 7. The highest BCUT2D eigenvalue weighted by atomic mass is 32.1. The lowest BCUT2D eigenvalue weighted by molar-refractivity contribution is -0.991. The normalized spacial score (nSPS) is 16.4. The molecule has 1 aromatic carbocycles. The number of nitrogens with one attached hydrogen (secondary N) is 3. The quantitative estimate of drug-likeness (QED) is 0.576. The summed E-state index contributed by atoms with van der Waals surface area (Å²) >= 11 is 1.41. The van der Waals surface area contributed by atoms with Crippen LogP contribution in [0.15, 0.2) is 23.2 Å². The van der Waals surface area contributed by atoms with E-state index in [0.717, 1.165) is 23.3 Å². The highest BCUT2D eigenvalue weighted by molar-refractivity contribution is 7.22. The van der Waals surface area contributed by atoms with Crippen LogP contribution in [-0.4, -0.2) is 29.2 Å². The minimum Gasteiger partial charge on any atom is -0.595 e. The summed E-state index contributed by atoms with van der Waals surface area (Å²) in [6.07, 6.45) is 0. The second-order valence-electron chi connectivity index (χ2n) is 3.79. The van der Waals surface area contributed by atoms with E-state index in [9.17, 15) is 5.21 Å². The lowest BCUT2D eigenvalue weighted by Gasteiger charge is -2.10. The molecule has 0 saturated carbocycles. The number of thiazole rings is 1. The van der Waals surface area contributed by atoms with Crippen LogP contribution in [0, 0.1) is 5.21 Å². The molecule has 1 aliphatic heterocycles. The average Bonchev–Trinajstić information content (AvgIpc) is 2.96. The first-order valence-corrected chi connectivity index (χ1v) is 6.23. The molecule has 8 heteroatoms. The first-order chi connectivity index (χ1) is 8.72. The number of rotatable bonds is 2. The molecule has 1 aromatic heterocycles. The van der Waals surface area contributed by atoms with Crippen molar-refractivity contribution in [2.75, 3.05) is 18.4 Å². The van der Waals surface area contributed by atoms with Crippen LogP contribution in [0.3, 0.4) is 0 Å². The summed E-state index contributed by atoms with van der Waals surface area (Å²) in [4.78, 5) is 8.58. The minimum atomic E-state index is -0.929. The van der Waals surface area contributed by atoms with E-state index in [1.165, 1.54) is 11.3 Å². The Labute approximate surface area is 106 Å². The van der Waals surface area contributed by atoms with E-state index in [1.54, 1.807) is 18.2 Å². The fourth-order valence-electron chi connectivity index (χ4n) is 1.69. The van der Waals surface area contributed by atoms with Crippen LogP contribution in [0.25, 0.3) is 10.2 Å². The molecule has 1 aliphatic rings. The number of anilines is 1. The van der Waals surface area contributed by atoms with Crippen molar-refractivity contribution in [3.8, 4) is 0 Å². The molecule has 0 amide bonds. The van der Waals surface area contributed by atoms with Gasteiger partial charge in [-0.25, -0.2) is 10.2 Å². The molecule has 94 valence electrons. The largest absolute Gasteiger partial charge is 0.595 e. The van der Waals surface area contributed by atoms with Crippen LogP contribution in [0.4, 0.5) is 10.8 Å². The second kappa shape index (κ2) is 4.50. The van der Waals surface area contributed by atoms with E-state index in [0.29, 0.717) is 11.1 Å². The Kier molecular flexibility index (Phi) is 2.84. The maximum absolute atomic E-state index is 10.9. The molecule has 2 aromatic rings. The van der Waals surface area contributed by atoms with E-state index >= 15 is 0 Å². The molecule has 2 heterocycles. The lowest BCUT2D eigenvalue weighted by atomic mass is 10.3. The highest BCUT2D eigenvalue weighted by Crippen LogP contribution is 2.27. The van der Waals surface area contributed by atoms with Gasteiger partial charge in [-0.05, 0) is 6.07 Å². The van der Waals surface area contributed by atoms with Gasteiger partial charge in [-0.3, -0.25) is 4.99 Å². The van der Waals surface area contributed by atoms with Crippen molar-refractivity contribution in [2.45, 2.75) is 0 Å². The van der Waals surface area contributed by atoms with Crippen molar-refractivity contribution in [1.29, 1.82) is 0 Å². The molecule has 0 aliphatic carbocycles. The van der Waals surface area contributed by atoms with Crippen LogP contribution < -0.4 is 15.9 Å². The summed E-state index contributed by atoms with van der Waals surface area (Å²) in [6, 6.07) is 4.90. The standard InChI is InChI=1S/C10H11N5O2S/c16-15(17)6-1-2-7-8(5-6)18-10(13-7)14-9-11-3-4-12-9/h1-2,5,15-16H,3-4H2,(H2,11,12,13,14). The summed E-state index contributed by atoms with van der Waals surface area (Å²) in [5.41, 5.74) is 1.06. The fourth-order valence-corrected chi connectivity index (χ4v) is 2.60. The fraction of sp³-hybridized carbons (Fsp3) is 0.200. The number of hydrogen-bond donors (Lipinski definition) is 4. The van der Waals surface area contributed by atoms with Crippen LogP contribution in [0.2, 0.25) is 0 Å². The molecule has 7 nitrogen and oxygen atoms in total. The van der Waals surface area contributed by atoms with Crippen LogP contribution in [-0.2, 0) is 0 Å². The van der Waals surface area contributed by atoms with Gasteiger partial charge in [0.1, 0.15) is 0 Å².